The topological polar surface area (TPSA) is 101 Å². The summed E-state index contributed by atoms with van der Waals surface area (Å²) in [5.41, 5.74) is 6.40. The van der Waals surface area contributed by atoms with Crippen LogP contribution in [0.25, 0.3) is 0 Å². The van der Waals surface area contributed by atoms with Crippen molar-refractivity contribution < 1.29 is 12.8 Å². The fourth-order valence-corrected chi connectivity index (χ4v) is 3.56. The SMILES string of the molecule is Cc1nc(CNS(=O)(=O)N2CCCC(CN)C2)oc1C. The maximum atomic E-state index is 12.2. The van der Waals surface area contributed by atoms with Gasteiger partial charge in [-0.25, -0.2) is 4.98 Å². The standard InChI is InChI=1S/C12H22N4O3S/c1-9-10(2)19-12(15-9)7-14-20(17,18)16-5-3-4-11(6-13)8-16/h11,14H,3-8,13H2,1-2H3. The van der Waals surface area contributed by atoms with Crippen LogP contribution in [0.5, 0.6) is 0 Å². The zero-order valence-corrected chi connectivity index (χ0v) is 12.7. The molecule has 1 aromatic heterocycles. The van der Waals surface area contributed by atoms with E-state index in [2.05, 4.69) is 9.71 Å². The van der Waals surface area contributed by atoms with Crippen LogP contribution >= 0.6 is 0 Å². The first-order valence-corrected chi connectivity index (χ1v) is 8.24. The van der Waals surface area contributed by atoms with Crippen molar-refractivity contribution in [1.29, 1.82) is 0 Å². The molecule has 1 atom stereocenters. The Hall–Kier alpha value is -0.960. The molecule has 3 N–H and O–H groups in total. The molecule has 1 unspecified atom stereocenters. The van der Waals surface area contributed by atoms with Gasteiger partial charge < -0.3 is 10.2 Å². The summed E-state index contributed by atoms with van der Waals surface area (Å²) in [5.74, 6) is 1.34. The Balaban J connectivity index is 1.96. The number of nitrogens with zero attached hydrogens (tertiary/aromatic N) is 2. The van der Waals surface area contributed by atoms with Crippen LogP contribution < -0.4 is 10.5 Å². The molecule has 2 rings (SSSR count). The van der Waals surface area contributed by atoms with E-state index in [4.69, 9.17) is 10.2 Å². The molecule has 2 heterocycles. The number of aryl methyl sites for hydroxylation is 2. The summed E-state index contributed by atoms with van der Waals surface area (Å²) >= 11 is 0. The number of oxazole rings is 1. The third-order valence-corrected chi connectivity index (χ3v) is 5.15. The fraction of sp³-hybridized carbons (Fsp3) is 0.750. The number of piperidine rings is 1. The van der Waals surface area contributed by atoms with E-state index in [1.54, 1.807) is 6.92 Å². The van der Waals surface area contributed by atoms with Crippen LogP contribution in [0.15, 0.2) is 4.42 Å². The van der Waals surface area contributed by atoms with Crippen molar-refractivity contribution in [2.45, 2.75) is 33.2 Å². The van der Waals surface area contributed by atoms with Crippen LogP contribution in [0.4, 0.5) is 0 Å². The number of nitrogens with two attached hydrogens (primary N) is 1. The second kappa shape index (κ2) is 6.21. The summed E-state index contributed by atoms with van der Waals surface area (Å²) in [6.45, 7) is 5.24. The maximum absolute atomic E-state index is 12.2. The van der Waals surface area contributed by atoms with Crippen LogP contribution in [-0.4, -0.2) is 37.3 Å². The summed E-state index contributed by atoms with van der Waals surface area (Å²) in [6, 6.07) is 0. The van der Waals surface area contributed by atoms with Gasteiger partial charge in [-0.1, -0.05) is 0 Å². The number of rotatable bonds is 5. The Labute approximate surface area is 119 Å². The van der Waals surface area contributed by atoms with Gasteiger partial charge in [0.2, 0.25) is 5.89 Å². The van der Waals surface area contributed by atoms with Gasteiger partial charge in [-0.05, 0) is 39.2 Å². The van der Waals surface area contributed by atoms with Gasteiger partial charge in [0.05, 0.1) is 12.2 Å². The normalized spacial score (nSPS) is 21.2. The predicted octanol–water partition coefficient (Wildman–Crippen LogP) is 0.297. The summed E-state index contributed by atoms with van der Waals surface area (Å²) in [4.78, 5) is 4.16. The highest BCUT2D eigenvalue weighted by Gasteiger charge is 2.28. The third kappa shape index (κ3) is 3.57. The monoisotopic (exact) mass is 302 g/mol. The maximum Gasteiger partial charge on any atom is 0.279 e. The quantitative estimate of drug-likeness (QED) is 0.814. The van der Waals surface area contributed by atoms with Crippen molar-refractivity contribution in [3.63, 3.8) is 0 Å². The van der Waals surface area contributed by atoms with Gasteiger partial charge in [0.25, 0.3) is 10.2 Å². The van der Waals surface area contributed by atoms with Crippen LogP contribution in [0.1, 0.15) is 30.2 Å². The van der Waals surface area contributed by atoms with Crippen molar-refractivity contribution in [2.24, 2.45) is 11.7 Å². The summed E-state index contributed by atoms with van der Waals surface area (Å²) in [6.07, 6.45) is 1.83. The van der Waals surface area contributed by atoms with E-state index >= 15 is 0 Å². The lowest BCUT2D eigenvalue weighted by atomic mass is 10.0. The summed E-state index contributed by atoms with van der Waals surface area (Å²) in [7, 11) is -3.50. The second-order valence-electron chi connectivity index (χ2n) is 5.18. The molecule has 0 saturated carbocycles. The molecule has 0 bridgehead atoms. The van der Waals surface area contributed by atoms with Gasteiger partial charge >= 0.3 is 0 Å². The van der Waals surface area contributed by atoms with E-state index < -0.39 is 10.2 Å². The molecule has 8 heteroatoms. The van der Waals surface area contributed by atoms with Gasteiger partial charge in [0.1, 0.15) is 5.76 Å². The molecule has 7 nitrogen and oxygen atoms in total. The molecule has 20 heavy (non-hydrogen) atoms. The van der Waals surface area contributed by atoms with Crippen molar-refractivity contribution in [2.75, 3.05) is 19.6 Å². The molecule has 1 aliphatic heterocycles. The molecule has 114 valence electrons. The molecule has 0 radical (unpaired) electrons. The highest BCUT2D eigenvalue weighted by Crippen LogP contribution is 2.17. The molecular formula is C12H22N4O3S. The zero-order chi connectivity index (χ0) is 14.8. The number of hydrogen-bond donors (Lipinski definition) is 2. The largest absolute Gasteiger partial charge is 0.444 e. The Kier molecular flexibility index (Phi) is 4.79. The summed E-state index contributed by atoms with van der Waals surface area (Å²) < 4.78 is 33.8. The molecule has 0 amide bonds. The van der Waals surface area contributed by atoms with Gasteiger partial charge in [-0.15, -0.1) is 0 Å². The molecule has 1 saturated heterocycles. The van der Waals surface area contributed by atoms with Gasteiger partial charge in [0, 0.05) is 13.1 Å². The first-order valence-electron chi connectivity index (χ1n) is 6.80. The lowest BCUT2D eigenvalue weighted by Crippen LogP contribution is -2.47. The minimum absolute atomic E-state index is 0.0702. The Morgan fingerprint density at radius 1 is 1.50 bits per heavy atom. The predicted molar refractivity (Wildman–Crippen MR) is 75.1 cm³/mol. The van der Waals surface area contributed by atoms with Crippen LogP contribution in [-0.2, 0) is 16.8 Å². The zero-order valence-electron chi connectivity index (χ0n) is 11.9. The highest BCUT2D eigenvalue weighted by atomic mass is 32.2. The van der Waals surface area contributed by atoms with Gasteiger partial charge in [0.15, 0.2) is 0 Å². The second-order valence-corrected chi connectivity index (χ2v) is 6.93. The molecule has 0 aromatic carbocycles. The van der Waals surface area contributed by atoms with Crippen LogP contribution in [0.2, 0.25) is 0 Å². The molecule has 1 aliphatic rings. The van der Waals surface area contributed by atoms with E-state index in [9.17, 15) is 8.42 Å². The third-order valence-electron chi connectivity index (χ3n) is 3.63. The van der Waals surface area contributed by atoms with Gasteiger partial charge in [-0.2, -0.15) is 17.4 Å². The fourth-order valence-electron chi connectivity index (χ4n) is 2.30. The summed E-state index contributed by atoms with van der Waals surface area (Å²) in [5, 5.41) is 0. The van der Waals surface area contributed by atoms with E-state index in [1.165, 1.54) is 4.31 Å². The van der Waals surface area contributed by atoms with Crippen LogP contribution in [0, 0.1) is 19.8 Å². The van der Waals surface area contributed by atoms with E-state index in [-0.39, 0.29) is 12.5 Å². The minimum atomic E-state index is -3.50. The van der Waals surface area contributed by atoms with Crippen molar-refractivity contribution in [1.82, 2.24) is 14.0 Å². The Bertz CT molecular complexity index is 536. The van der Waals surface area contributed by atoms with E-state index in [0.29, 0.717) is 31.3 Å². The average Bonchev–Trinajstić information content (AvgIpc) is 2.76. The lowest BCUT2D eigenvalue weighted by molar-refractivity contribution is 0.268. The Morgan fingerprint density at radius 2 is 2.25 bits per heavy atom. The molecular weight excluding hydrogens is 280 g/mol. The molecule has 1 fully saturated rings. The average molecular weight is 302 g/mol. The Morgan fingerprint density at radius 3 is 2.85 bits per heavy atom. The van der Waals surface area contributed by atoms with E-state index in [0.717, 1.165) is 18.5 Å². The lowest BCUT2D eigenvalue weighted by Gasteiger charge is -2.31. The van der Waals surface area contributed by atoms with Crippen LogP contribution in [0.3, 0.4) is 0 Å². The molecule has 0 aliphatic carbocycles. The minimum Gasteiger partial charge on any atom is -0.444 e. The number of hydrogen-bond acceptors (Lipinski definition) is 5. The molecule has 1 aromatic rings. The molecule has 0 spiro atoms. The van der Waals surface area contributed by atoms with Gasteiger partial charge in [-0.3, -0.25) is 0 Å². The van der Waals surface area contributed by atoms with E-state index in [1.807, 2.05) is 6.92 Å². The number of aromatic nitrogens is 1. The van der Waals surface area contributed by atoms with Crippen molar-refractivity contribution >= 4 is 10.2 Å². The number of nitrogens with one attached hydrogen (secondary N) is 1. The van der Waals surface area contributed by atoms with Crippen molar-refractivity contribution in [3.05, 3.63) is 17.3 Å². The van der Waals surface area contributed by atoms with Crippen molar-refractivity contribution in [3.8, 4) is 0 Å². The first kappa shape index (κ1) is 15.4. The first-order chi connectivity index (χ1) is 9.42. The highest BCUT2D eigenvalue weighted by molar-refractivity contribution is 7.87. The smallest absolute Gasteiger partial charge is 0.279 e.